The van der Waals surface area contributed by atoms with Gasteiger partial charge in [0.15, 0.2) is 0 Å². The summed E-state index contributed by atoms with van der Waals surface area (Å²) in [7, 11) is 1.71. The summed E-state index contributed by atoms with van der Waals surface area (Å²) in [5.74, 6) is 0. The van der Waals surface area contributed by atoms with Gasteiger partial charge in [-0.25, -0.2) is 0 Å². The number of nitrogens with one attached hydrogen (secondary N) is 2. The number of hydrogen-bond acceptors (Lipinski definition) is 4. The van der Waals surface area contributed by atoms with Crippen LogP contribution >= 0.6 is 0 Å². The summed E-state index contributed by atoms with van der Waals surface area (Å²) in [6.07, 6.45) is 11.9. The second-order valence-electron chi connectivity index (χ2n) is 5.93. The number of fused-ring (bicyclic) bond motifs is 1. The second-order valence-corrected chi connectivity index (χ2v) is 5.93. The van der Waals surface area contributed by atoms with Crippen molar-refractivity contribution in [2.24, 2.45) is 0 Å². The predicted octanol–water partition coefficient (Wildman–Crippen LogP) is 5.42. The van der Waals surface area contributed by atoms with E-state index in [0.717, 1.165) is 61.9 Å². The molecule has 0 fully saturated rings. The topological polar surface area (TPSA) is 71.2 Å². The van der Waals surface area contributed by atoms with Gasteiger partial charge >= 0.3 is 0 Å². The molecule has 1 heterocycles. The van der Waals surface area contributed by atoms with Gasteiger partial charge in [-0.3, -0.25) is 9.59 Å². The summed E-state index contributed by atoms with van der Waals surface area (Å²) in [6, 6.07) is 0. The molecular weight excluding hydrogens is 352 g/mol. The van der Waals surface area contributed by atoms with Crippen LogP contribution in [0.1, 0.15) is 71.4 Å². The van der Waals surface area contributed by atoms with Gasteiger partial charge in [0.25, 0.3) is 5.56 Å². The van der Waals surface area contributed by atoms with Crippen LogP contribution in [-0.4, -0.2) is 25.0 Å². The molecule has 5 nitrogen and oxygen atoms in total. The van der Waals surface area contributed by atoms with E-state index in [4.69, 9.17) is 4.74 Å². The van der Waals surface area contributed by atoms with Crippen LogP contribution in [0.2, 0.25) is 0 Å². The molecule has 0 saturated heterocycles. The fourth-order valence-electron chi connectivity index (χ4n) is 2.44. The fraction of sp³-hybridized carbons (Fsp3) is 0.565. The molecule has 0 bridgehead atoms. The van der Waals surface area contributed by atoms with E-state index >= 15 is 0 Å². The predicted molar refractivity (Wildman–Crippen MR) is 121 cm³/mol. The average Bonchev–Trinajstić information content (AvgIpc) is 2.74. The Bertz CT molecular complexity index is 617. The highest BCUT2D eigenvalue weighted by molar-refractivity contribution is 5.64. The molecule has 0 atom stereocenters. The molecule has 0 aromatic carbocycles. The van der Waals surface area contributed by atoms with Crippen molar-refractivity contribution >= 4 is 12.0 Å². The Hall–Kier alpha value is -2.14. The van der Waals surface area contributed by atoms with Gasteiger partial charge in [-0.15, -0.1) is 0 Å². The quantitative estimate of drug-likeness (QED) is 0.501. The lowest BCUT2D eigenvalue weighted by atomic mass is 9.92. The first kappa shape index (κ1) is 28.1. The molecule has 2 N–H and O–H groups in total. The summed E-state index contributed by atoms with van der Waals surface area (Å²) in [5, 5.41) is 3.28. The highest BCUT2D eigenvalue weighted by atomic mass is 16.5. The summed E-state index contributed by atoms with van der Waals surface area (Å²) >= 11 is 0. The minimum Gasteiger partial charge on any atom is -0.385 e. The molecule has 1 aliphatic rings. The Balaban J connectivity index is 0. The molecule has 0 amide bonds. The molecule has 28 heavy (non-hydrogen) atoms. The molecule has 1 aromatic heterocycles. The number of aromatic amines is 1. The molecule has 0 saturated carbocycles. The third-order valence-corrected chi connectivity index (χ3v) is 3.83. The number of carbonyl (C=O) groups is 1. The van der Waals surface area contributed by atoms with Crippen LogP contribution in [0.3, 0.4) is 0 Å². The molecule has 0 radical (unpaired) electrons. The Morgan fingerprint density at radius 1 is 1.25 bits per heavy atom. The van der Waals surface area contributed by atoms with Gasteiger partial charge in [0, 0.05) is 31.2 Å². The minimum absolute atomic E-state index is 0.0716. The number of methoxy groups -OCH3 is 1. The third-order valence-electron chi connectivity index (χ3n) is 3.83. The first-order valence-corrected chi connectivity index (χ1v) is 10.3. The molecule has 0 aliphatic heterocycles. The number of carbonyl (C=O) groups excluding carboxylic acids is 1. The van der Waals surface area contributed by atoms with Crippen LogP contribution in [0.4, 0.5) is 5.69 Å². The van der Waals surface area contributed by atoms with Crippen LogP contribution in [0.25, 0.3) is 0 Å². The molecule has 0 unspecified atom stereocenters. The number of H-pyrrole nitrogens is 1. The molecule has 5 heteroatoms. The summed E-state index contributed by atoms with van der Waals surface area (Å²) in [5.41, 5.74) is 4.23. The Kier molecular flexibility index (Phi) is 19.7. The summed E-state index contributed by atoms with van der Waals surface area (Å²) in [6.45, 7) is 14.8. The zero-order valence-electron chi connectivity index (χ0n) is 18.7. The van der Waals surface area contributed by atoms with Crippen molar-refractivity contribution < 1.29 is 9.53 Å². The van der Waals surface area contributed by atoms with Crippen molar-refractivity contribution in [1.29, 1.82) is 0 Å². The summed E-state index contributed by atoms with van der Waals surface area (Å²) in [4.78, 5) is 23.8. The number of pyridine rings is 1. The number of aromatic nitrogens is 1. The van der Waals surface area contributed by atoms with Crippen molar-refractivity contribution in [2.75, 3.05) is 19.0 Å². The molecule has 1 aromatic rings. The third kappa shape index (κ3) is 12.3. The maximum atomic E-state index is 11.7. The largest absolute Gasteiger partial charge is 0.385 e. The van der Waals surface area contributed by atoms with E-state index in [2.05, 4.69) is 30.7 Å². The van der Waals surface area contributed by atoms with Crippen LogP contribution in [0.15, 0.2) is 35.4 Å². The lowest BCUT2D eigenvalue weighted by Crippen LogP contribution is -2.20. The molecule has 160 valence electrons. The lowest BCUT2D eigenvalue weighted by molar-refractivity contribution is -0.104. The first-order chi connectivity index (χ1) is 13.5. The van der Waals surface area contributed by atoms with Gasteiger partial charge in [-0.05, 0) is 57.1 Å². The maximum absolute atomic E-state index is 11.7. The Labute approximate surface area is 171 Å². The average molecular weight is 393 g/mol. The maximum Gasteiger partial charge on any atom is 0.251 e. The van der Waals surface area contributed by atoms with Crippen LogP contribution in [-0.2, 0) is 22.4 Å². The lowest BCUT2D eigenvalue weighted by Gasteiger charge is -2.19. The highest BCUT2D eigenvalue weighted by Gasteiger charge is 2.16. The normalized spacial score (nSPS) is 11.5. The highest BCUT2D eigenvalue weighted by Crippen LogP contribution is 2.25. The summed E-state index contributed by atoms with van der Waals surface area (Å²) < 4.78 is 4.69. The van der Waals surface area contributed by atoms with Crippen molar-refractivity contribution in [1.82, 2.24) is 4.98 Å². The minimum atomic E-state index is 0.0716. The van der Waals surface area contributed by atoms with Gasteiger partial charge < -0.3 is 15.0 Å². The van der Waals surface area contributed by atoms with E-state index in [1.54, 1.807) is 26.3 Å². The van der Waals surface area contributed by atoms with Gasteiger partial charge in [-0.1, -0.05) is 40.3 Å². The molecular formula is C23H40N2O3. The van der Waals surface area contributed by atoms with Crippen LogP contribution in [0.5, 0.6) is 0 Å². The van der Waals surface area contributed by atoms with E-state index in [1.807, 2.05) is 13.8 Å². The number of anilines is 1. The number of hydrogen-bond donors (Lipinski definition) is 2. The van der Waals surface area contributed by atoms with Crippen molar-refractivity contribution in [2.45, 2.75) is 73.1 Å². The number of aldehydes is 1. The van der Waals surface area contributed by atoms with Gasteiger partial charge in [-0.2, -0.15) is 0 Å². The van der Waals surface area contributed by atoms with Gasteiger partial charge in [0.05, 0.1) is 5.69 Å². The Morgan fingerprint density at radius 2 is 1.86 bits per heavy atom. The van der Waals surface area contributed by atoms with E-state index < -0.39 is 0 Å². The number of ether oxygens (including phenoxy) is 1. The zero-order valence-corrected chi connectivity index (χ0v) is 18.7. The molecule has 2 rings (SSSR count). The molecule has 1 aliphatic carbocycles. The van der Waals surface area contributed by atoms with E-state index in [1.165, 1.54) is 18.1 Å². The number of allylic oxidation sites excluding steroid dienone is 3. The monoisotopic (exact) mass is 392 g/mol. The SMILES string of the molecule is C/C=C/C=O.C=C(CC)Nc1c[nH]c(=O)c2c1CCCC2.CC.CCCOC. The van der Waals surface area contributed by atoms with Crippen molar-refractivity contribution in [3.05, 3.63) is 52.1 Å². The smallest absolute Gasteiger partial charge is 0.251 e. The Morgan fingerprint density at radius 3 is 2.25 bits per heavy atom. The van der Waals surface area contributed by atoms with Gasteiger partial charge in [0.2, 0.25) is 0 Å². The van der Waals surface area contributed by atoms with Crippen LogP contribution in [0, 0.1) is 0 Å². The van der Waals surface area contributed by atoms with Crippen molar-refractivity contribution in [3.8, 4) is 0 Å². The zero-order chi connectivity index (χ0) is 21.8. The number of rotatable bonds is 6. The standard InChI is InChI=1S/C13H18N2O.C4H10O.C4H6O.C2H6/c1-3-9(2)15-12-8-14-13(16)11-7-5-4-6-10(11)12;1-3-4-5-2;1-2-3-4-5;1-2/h8,15H,2-7H2,1H3,(H,14,16);3-4H2,1-2H3;2-4H,1H3;1-2H3/b;;3-2+;. The second kappa shape index (κ2) is 19.6. The van der Waals surface area contributed by atoms with Crippen LogP contribution < -0.4 is 10.9 Å². The van der Waals surface area contributed by atoms with E-state index in [9.17, 15) is 9.59 Å². The fourth-order valence-corrected chi connectivity index (χ4v) is 2.44. The van der Waals surface area contributed by atoms with Gasteiger partial charge in [0.1, 0.15) is 6.29 Å². The molecule has 0 spiro atoms. The first-order valence-electron chi connectivity index (χ1n) is 10.3. The van der Waals surface area contributed by atoms with E-state index in [-0.39, 0.29) is 5.56 Å². The van der Waals surface area contributed by atoms with E-state index in [0.29, 0.717) is 0 Å². The van der Waals surface area contributed by atoms with Crippen molar-refractivity contribution in [3.63, 3.8) is 0 Å².